The number of H-pyrrole nitrogens is 1. The van der Waals surface area contributed by atoms with Gasteiger partial charge in [-0.2, -0.15) is 0 Å². The van der Waals surface area contributed by atoms with Crippen LogP contribution in [0.25, 0.3) is 11.0 Å². The van der Waals surface area contributed by atoms with Gasteiger partial charge in [-0.1, -0.05) is 11.6 Å². The van der Waals surface area contributed by atoms with E-state index in [1.165, 1.54) is 12.3 Å². The van der Waals surface area contributed by atoms with Crippen LogP contribution in [0.3, 0.4) is 0 Å². The monoisotopic (exact) mass is 448 g/mol. The summed E-state index contributed by atoms with van der Waals surface area (Å²) < 4.78 is 26.7. The number of nitrogens with one attached hydrogen (secondary N) is 3. The molecule has 2 amide bonds. The molecule has 11 heteroatoms. The number of pyridine rings is 2. The highest BCUT2D eigenvalue weighted by Gasteiger charge is 2.35. The Morgan fingerprint density at radius 3 is 2.61 bits per heavy atom. The molecule has 1 fully saturated rings. The fourth-order valence-corrected chi connectivity index (χ4v) is 3.62. The molecule has 3 aromatic heterocycles. The highest BCUT2D eigenvalue weighted by atomic mass is 35.5. The molecule has 0 saturated carbocycles. The van der Waals surface area contributed by atoms with Crippen LogP contribution in [-0.2, 0) is 9.59 Å². The Kier molecular flexibility index (Phi) is 5.48. The summed E-state index contributed by atoms with van der Waals surface area (Å²) >= 11 is 6.24. The normalized spacial score (nSPS) is 15.7. The summed E-state index contributed by atoms with van der Waals surface area (Å²) in [6, 6.07) is 5.08. The average molecular weight is 449 g/mol. The van der Waals surface area contributed by atoms with Crippen LogP contribution in [0.4, 0.5) is 26.0 Å². The third kappa shape index (κ3) is 4.58. The molecule has 4 heterocycles. The molecule has 0 bridgehead atoms. The van der Waals surface area contributed by atoms with Gasteiger partial charge in [0, 0.05) is 37.8 Å². The Balaban J connectivity index is 1.41. The minimum absolute atomic E-state index is 0.131. The number of carbonyl (C=O) groups is 2. The second kappa shape index (κ2) is 8.10. The van der Waals surface area contributed by atoms with E-state index in [0.717, 1.165) is 11.2 Å². The molecule has 0 unspecified atom stereocenters. The van der Waals surface area contributed by atoms with Gasteiger partial charge >= 0.3 is 11.8 Å². The van der Waals surface area contributed by atoms with Crippen molar-refractivity contribution in [1.82, 2.24) is 15.0 Å². The second-order valence-corrected chi connectivity index (χ2v) is 7.74. The van der Waals surface area contributed by atoms with E-state index in [2.05, 4.69) is 25.6 Å². The van der Waals surface area contributed by atoms with Crippen molar-refractivity contribution in [3.63, 3.8) is 0 Å². The first kappa shape index (κ1) is 21.0. The van der Waals surface area contributed by atoms with Gasteiger partial charge in [-0.15, -0.1) is 0 Å². The Morgan fingerprint density at radius 2 is 1.90 bits per heavy atom. The molecule has 1 saturated heterocycles. The number of halogens is 3. The smallest absolute Gasteiger partial charge is 0.314 e. The van der Waals surface area contributed by atoms with Gasteiger partial charge in [0.2, 0.25) is 0 Å². The number of alkyl halides is 2. The molecule has 0 aliphatic carbocycles. The number of rotatable bonds is 3. The number of nitrogens with zero attached hydrogens (tertiary/aromatic N) is 3. The number of fused-ring (bicyclic) bond motifs is 1. The molecule has 0 spiro atoms. The van der Waals surface area contributed by atoms with E-state index in [4.69, 9.17) is 11.6 Å². The molecule has 0 atom stereocenters. The Bertz CT molecular complexity index is 1160. The molecule has 0 aromatic carbocycles. The van der Waals surface area contributed by atoms with Crippen LogP contribution in [0.15, 0.2) is 30.6 Å². The van der Waals surface area contributed by atoms with Gasteiger partial charge in [-0.25, -0.2) is 18.7 Å². The molecule has 1 aliphatic heterocycles. The maximum atomic E-state index is 13.3. The quantitative estimate of drug-likeness (QED) is 0.530. The van der Waals surface area contributed by atoms with Crippen LogP contribution in [0.2, 0.25) is 5.02 Å². The molecule has 1 aliphatic rings. The highest BCUT2D eigenvalue weighted by molar-refractivity contribution is 6.44. The number of aryl methyl sites for hydroxylation is 1. The molecule has 31 heavy (non-hydrogen) atoms. The number of aromatic nitrogens is 3. The number of hydrogen-bond donors (Lipinski definition) is 3. The lowest BCUT2D eigenvalue weighted by Crippen LogP contribution is -2.39. The summed E-state index contributed by atoms with van der Waals surface area (Å²) in [4.78, 5) is 37.8. The number of amides is 2. The van der Waals surface area contributed by atoms with Crippen molar-refractivity contribution in [3.8, 4) is 0 Å². The predicted octanol–water partition coefficient (Wildman–Crippen LogP) is 3.73. The molecular formula is C20H19ClF2N6O2. The van der Waals surface area contributed by atoms with E-state index in [0.29, 0.717) is 17.0 Å². The minimum atomic E-state index is -2.68. The van der Waals surface area contributed by atoms with Gasteiger partial charge in [0.1, 0.15) is 11.3 Å². The number of aromatic amines is 1. The van der Waals surface area contributed by atoms with E-state index in [1.54, 1.807) is 11.1 Å². The summed E-state index contributed by atoms with van der Waals surface area (Å²) in [6.07, 6.45) is 2.34. The highest BCUT2D eigenvalue weighted by Crippen LogP contribution is 2.33. The fraction of sp³-hybridized carbons (Fsp3) is 0.300. The number of carbonyl (C=O) groups excluding carboxylic acids is 2. The lowest BCUT2D eigenvalue weighted by Gasteiger charge is -2.33. The summed E-state index contributed by atoms with van der Waals surface area (Å²) in [5.74, 6) is -4.11. The van der Waals surface area contributed by atoms with Gasteiger partial charge < -0.3 is 20.5 Å². The van der Waals surface area contributed by atoms with Gasteiger partial charge in [0.25, 0.3) is 5.92 Å². The molecule has 0 radical (unpaired) electrons. The van der Waals surface area contributed by atoms with E-state index in [1.807, 2.05) is 19.1 Å². The maximum Gasteiger partial charge on any atom is 0.314 e. The predicted molar refractivity (Wildman–Crippen MR) is 114 cm³/mol. The standard InChI is InChI=1S/C20H19ClF2N6O2/c1-11-2-3-14-16(26-11)15(10-24-14)28-19(31)18(30)27-12-8-13(21)17(25-9-12)29-6-4-20(22,23)5-7-29/h2-3,8-10,24H,4-7H2,1H3,(H,27,30)(H,28,31). The van der Waals surface area contributed by atoms with E-state index in [9.17, 15) is 18.4 Å². The summed E-state index contributed by atoms with van der Waals surface area (Å²) in [7, 11) is 0. The minimum Gasteiger partial charge on any atom is -0.358 e. The lowest BCUT2D eigenvalue weighted by molar-refractivity contribution is -0.132. The third-order valence-corrected chi connectivity index (χ3v) is 5.27. The van der Waals surface area contributed by atoms with Crippen molar-refractivity contribution in [2.45, 2.75) is 25.7 Å². The van der Waals surface area contributed by atoms with Crippen LogP contribution in [0.1, 0.15) is 18.5 Å². The summed E-state index contributed by atoms with van der Waals surface area (Å²) in [5, 5.41) is 5.14. The van der Waals surface area contributed by atoms with Gasteiger partial charge in [0.15, 0.2) is 0 Å². The lowest BCUT2D eigenvalue weighted by atomic mass is 10.1. The van der Waals surface area contributed by atoms with Crippen molar-refractivity contribution < 1.29 is 18.4 Å². The second-order valence-electron chi connectivity index (χ2n) is 7.33. The van der Waals surface area contributed by atoms with Crippen LogP contribution < -0.4 is 15.5 Å². The third-order valence-electron chi connectivity index (χ3n) is 4.99. The summed E-state index contributed by atoms with van der Waals surface area (Å²) in [6.45, 7) is 2.08. The van der Waals surface area contributed by atoms with Crippen molar-refractivity contribution in [1.29, 1.82) is 0 Å². The molecule has 162 valence electrons. The molecule has 3 aromatic rings. The van der Waals surface area contributed by atoms with Gasteiger partial charge in [-0.3, -0.25) is 9.59 Å². The Labute approximate surface area is 181 Å². The number of anilines is 3. The van der Waals surface area contributed by atoms with Crippen molar-refractivity contribution in [2.75, 3.05) is 28.6 Å². The Hall–Kier alpha value is -3.27. The first-order valence-corrected chi connectivity index (χ1v) is 9.95. The van der Waals surface area contributed by atoms with Crippen LogP contribution in [0.5, 0.6) is 0 Å². The van der Waals surface area contributed by atoms with E-state index < -0.39 is 17.7 Å². The van der Waals surface area contributed by atoms with Crippen molar-refractivity contribution >= 4 is 51.6 Å². The zero-order chi connectivity index (χ0) is 22.2. The summed E-state index contributed by atoms with van der Waals surface area (Å²) in [5.41, 5.74) is 2.63. The topological polar surface area (TPSA) is 103 Å². The number of piperidine rings is 1. The molecule has 4 rings (SSSR count). The van der Waals surface area contributed by atoms with E-state index in [-0.39, 0.29) is 36.6 Å². The number of hydrogen-bond acceptors (Lipinski definition) is 5. The molecule has 3 N–H and O–H groups in total. The zero-order valence-corrected chi connectivity index (χ0v) is 17.3. The molecule has 8 nitrogen and oxygen atoms in total. The largest absolute Gasteiger partial charge is 0.358 e. The Morgan fingerprint density at radius 1 is 1.19 bits per heavy atom. The zero-order valence-electron chi connectivity index (χ0n) is 16.5. The van der Waals surface area contributed by atoms with Crippen LogP contribution >= 0.6 is 11.6 Å². The van der Waals surface area contributed by atoms with Gasteiger partial charge in [0.05, 0.1) is 28.1 Å². The maximum absolute atomic E-state index is 13.3. The SMILES string of the molecule is Cc1ccc2[nH]cc(NC(=O)C(=O)Nc3cnc(N4CCC(F)(F)CC4)c(Cl)c3)c2n1. The van der Waals surface area contributed by atoms with Crippen LogP contribution in [0, 0.1) is 6.92 Å². The first-order chi connectivity index (χ1) is 14.7. The fourth-order valence-electron chi connectivity index (χ4n) is 3.34. The van der Waals surface area contributed by atoms with Crippen LogP contribution in [-0.4, -0.2) is 45.8 Å². The molecular weight excluding hydrogens is 430 g/mol. The average Bonchev–Trinajstić information content (AvgIpc) is 3.10. The first-order valence-electron chi connectivity index (χ1n) is 9.57. The van der Waals surface area contributed by atoms with Crippen molar-refractivity contribution in [3.05, 3.63) is 41.3 Å². The van der Waals surface area contributed by atoms with Crippen molar-refractivity contribution in [2.24, 2.45) is 0 Å². The van der Waals surface area contributed by atoms with E-state index >= 15 is 0 Å². The van der Waals surface area contributed by atoms with Gasteiger partial charge in [-0.05, 0) is 25.1 Å².